The van der Waals surface area contributed by atoms with E-state index in [-0.39, 0.29) is 9.77 Å². The van der Waals surface area contributed by atoms with Crippen molar-refractivity contribution in [1.82, 2.24) is 0 Å². The molecule has 0 heterocycles. The van der Waals surface area contributed by atoms with Crippen LogP contribution in [0.15, 0.2) is 182 Å². The van der Waals surface area contributed by atoms with Crippen molar-refractivity contribution in [2.45, 2.75) is 0 Å². The molecule has 0 aromatic heterocycles. The van der Waals surface area contributed by atoms with Gasteiger partial charge in [0.15, 0.2) is 0 Å². The summed E-state index contributed by atoms with van der Waals surface area (Å²) in [5.74, 6) is -5.28. The van der Waals surface area contributed by atoms with Gasteiger partial charge < -0.3 is 0 Å². The van der Waals surface area contributed by atoms with Crippen LogP contribution in [-0.2, 0) is 27.9 Å². The van der Waals surface area contributed by atoms with E-state index in [0.29, 0.717) is 0 Å². The summed E-state index contributed by atoms with van der Waals surface area (Å²) in [6.45, 7) is 0. The van der Waals surface area contributed by atoms with Crippen LogP contribution in [0, 0.1) is 0 Å². The molecule has 6 aromatic carbocycles. The molecule has 221 valence electrons. The molecule has 0 fully saturated rings. The van der Waals surface area contributed by atoms with Crippen molar-refractivity contribution >= 4 is 73.6 Å². The molecule has 0 radical (unpaired) electrons. The van der Waals surface area contributed by atoms with Crippen LogP contribution >= 0.6 is 41.8 Å². The molecule has 0 amide bonds. The van der Waals surface area contributed by atoms with Gasteiger partial charge in [0.05, 0.1) is 0 Å². The quantitative estimate of drug-likeness (QED) is 0.0830. The van der Waals surface area contributed by atoms with Gasteiger partial charge in [-0.05, 0) is 0 Å². The van der Waals surface area contributed by atoms with Crippen molar-refractivity contribution in [1.29, 1.82) is 0 Å². The second kappa shape index (κ2) is 15.4. The van der Waals surface area contributed by atoms with Crippen molar-refractivity contribution in [3.8, 4) is 0 Å². The van der Waals surface area contributed by atoms with Crippen molar-refractivity contribution in [2.24, 2.45) is 0 Å². The second-order valence-corrected chi connectivity index (χ2v) is 31.8. The molecule has 0 nitrogen and oxygen atoms in total. The fourth-order valence-electron chi connectivity index (χ4n) is 5.56. The molecule has 0 aliphatic carbocycles. The van der Waals surface area contributed by atoms with Crippen molar-refractivity contribution in [3.05, 3.63) is 182 Å². The summed E-state index contributed by atoms with van der Waals surface area (Å²) >= 11 is 5.16. The summed E-state index contributed by atoms with van der Waals surface area (Å²) in [6.07, 6.45) is 0. The van der Waals surface area contributed by atoms with Crippen LogP contribution in [-0.4, -0.2) is 0 Å². The summed E-state index contributed by atoms with van der Waals surface area (Å²) in [5, 5.41) is 8.76. The summed E-state index contributed by atoms with van der Waals surface area (Å²) in [5.41, 5.74) is 0. The first kappa shape index (κ1) is 31.8. The molecular weight excluding hydrogens is 827 g/mol. The molecular formula is C36H32ClCuIP2Pd. The van der Waals surface area contributed by atoms with Crippen molar-refractivity contribution < 1.29 is 27.9 Å². The fourth-order valence-corrected chi connectivity index (χ4v) is 45.9. The molecule has 0 spiro atoms. The molecule has 6 rings (SSSR count). The number of hydrogen-bond donors (Lipinski definition) is 0. The van der Waals surface area contributed by atoms with E-state index in [9.17, 15) is 0 Å². The Morgan fingerprint density at radius 1 is 0.333 bits per heavy atom. The van der Waals surface area contributed by atoms with Gasteiger partial charge in [-0.3, -0.25) is 0 Å². The zero-order chi connectivity index (χ0) is 29.3. The van der Waals surface area contributed by atoms with Crippen LogP contribution in [0.5, 0.6) is 0 Å². The van der Waals surface area contributed by atoms with E-state index >= 15 is 0 Å². The third-order valence-corrected chi connectivity index (χ3v) is 40.9. The Morgan fingerprint density at radius 3 is 0.619 bits per heavy atom. The standard InChI is InChI=1S/2C18H15P.ClH.Cu.HI.Pd/c2*1-4-10-16(11-5-1)19(17-12-6-2-7-13-17)18-14-8-3-9-15-18;;;;/h2*1-15H;1H;;1H;/q;;;-1;;+1. The van der Waals surface area contributed by atoms with Crippen LogP contribution in [0.2, 0.25) is 0 Å². The van der Waals surface area contributed by atoms with Crippen LogP contribution in [0.1, 0.15) is 0 Å². The first-order chi connectivity index (χ1) is 20.8. The Hall–Kier alpha value is -1.62. The Bertz CT molecular complexity index is 1330. The number of hydrogen-bond acceptors (Lipinski definition) is 0. The molecule has 0 saturated heterocycles. The van der Waals surface area contributed by atoms with Crippen LogP contribution in [0.4, 0.5) is 0 Å². The molecule has 42 heavy (non-hydrogen) atoms. The van der Waals surface area contributed by atoms with Gasteiger partial charge in [0.1, 0.15) is 0 Å². The molecule has 0 saturated carbocycles. The number of halogens is 2. The van der Waals surface area contributed by atoms with Gasteiger partial charge in [-0.25, -0.2) is 0 Å². The van der Waals surface area contributed by atoms with Gasteiger partial charge in [-0.15, -0.1) is 0 Å². The molecule has 0 N–H and O–H groups in total. The maximum absolute atomic E-state index is 4.49. The van der Waals surface area contributed by atoms with E-state index in [1.807, 2.05) is 0 Å². The minimum atomic E-state index is -2.64. The molecule has 6 aromatic rings. The van der Waals surface area contributed by atoms with Gasteiger partial charge in [0, 0.05) is 0 Å². The van der Waals surface area contributed by atoms with Gasteiger partial charge in [-0.1, -0.05) is 0 Å². The first-order valence-corrected chi connectivity index (χ1v) is 25.0. The predicted octanol–water partition coefficient (Wildman–Crippen LogP) is 7.92. The van der Waals surface area contributed by atoms with E-state index < -0.39 is 11.9 Å². The minimum absolute atomic E-state index is 0.0150. The van der Waals surface area contributed by atoms with Crippen LogP contribution < -0.4 is 31.8 Å². The zero-order valence-electron chi connectivity index (χ0n) is 22.7. The second-order valence-electron chi connectivity index (χ2n) is 9.59. The number of rotatable bonds is 8. The topological polar surface area (TPSA) is 0 Å². The Kier molecular flexibility index (Phi) is 11.7. The predicted molar refractivity (Wildman–Crippen MR) is 193 cm³/mol. The third-order valence-electron chi connectivity index (χ3n) is 7.29. The molecule has 0 aliphatic rings. The summed E-state index contributed by atoms with van der Waals surface area (Å²) in [4.78, 5) is 0. The molecule has 0 bridgehead atoms. The average molecular weight is 859 g/mol. The maximum atomic E-state index is 4.49. The van der Waals surface area contributed by atoms with Crippen LogP contribution in [0.25, 0.3) is 0 Å². The Labute approximate surface area is 280 Å². The zero-order valence-corrected chi connectivity index (χ0v) is 30.1. The summed E-state index contributed by atoms with van der Waals surface area (Å²) < 4.78 is 0. The molecule has 0 atom stereocenters. The van der Waals surface area contributed by atoms with Gasteiger partial charge in [0.2, 0.25) is 0 Å². The van der Waals surface area contributed by atoms with E-state index in [1.165, 1.54) is 31.8 Å². The van der Waals surface area contributed by atoms with Gasteiger partial charge in [-0.2, -0.15) is 0 Å². The monoisotopic (exact) mass is 857 g/mol. The van der Waals surface area contributed by atoms with Gasteiger partial charge in [0.25, 0.3) is 0 Å². The van der Waals surface area contributed by atoms with E-state index in [2.05, 4.69) is 230 Å². The number of benzene rings is 6. The van der Waals surface area contributed by atoms with Gasteiger partial charge >= 0.3 is 284 Å². The first-order valence-electron chi connectivity index (χ1n) is 13.5. The van der Waals surface area contributed by atoms with Crippen molar-refractivity contribution in [2.75, 3.05) is 0 Å². The molecule has 6 heteroatoms. The van der Waals surface area contributed by atoms with Crippen LogP contribution in [0.3, 0.4) is 0 Å². The Morgan fingerprint density at radius 2 is 0.476 bits per heavy atom. The van der Waals surface area contributed by atoms with E-state index in [4.69, 9.17) is 0 Å². The van der Waals surface area contributed by atoms with E-state index in [0.717, 1.165) is 0 Å². The summed E-state index contributed by atoms with van der Waals surface area (Å²) in [7, 11) is 4.47. The summed E-state index contributed by atoms with van der Waals surface area (Å²) in [6, 6.07) is 68.4. The fraction of sp³-hybridized carbons (Fsp3) is 0. The van der Waals surface area contributed by atoms with E-state index in [1.54, 1.807) is 0 Å². The Balaban J connectivity index is 0.00000173. The third kappa shape index (κ3) is 6.02. The SMILES string of the molecule is [Cl][Pd].[I][Cu]([PH](c1ccccc1)(c1ccccc1)c1ccccc1)[PH](c1ccccc1)(c1ccccc1)c1ccccc1. The van der Waals surface area contributed by atoms with Crippen molar-refractivity contribution in [3.63, 3.8) is 0 Å². The molecule has 0 aliphatic heterocycles. The normalized spacial score (nSPS) is 12.4. The average Bonchev–Trinajstić information content (AvgIpc) is 3.09. The molecule has 0 unspecified atom stereocenters.